The fourth-order valence-electron chi connectivity index (χ4n) is 2.37. The summed E-state index contributed by atoms with van der Waals surface area (Å²) in [7, 11) is 6.00. The van der Waals surface area contributed by atoms with Crippen LogP contribution in [-0.2, 0) is 19.2 Å². The molecule has 0 heterocycles. The van der Waals surface area contributed by atoms with E-state index in [9.17, 15) is 29.4 Å². The van der Waals surface area contributed by atoms with Gasteiger partial charge in [-0.15, -0.1) is 0 Å². The molecule has 0 spiro atoms. The highest BCUT2D eigenvalue weighted by Gasteiger charge is 2.21. The van der Waals surface area contributed by atoms with Gasteiger partial charge in [0.25, 0.3) is 0 Å². The molecular formula is C19H34N2O6S4. The predicted octanol–water partition coefficient (Wildman–Crippen LogP) is 3.51. The summed E-state index contributed by atoms with van der Waals surface area (Å²) in [5.41, 5.74) is 0. The standard InChI is InChI=1S/C19H34N2O6S4/c1-12(2)7-5-6-8-15(31-30-11-17(19(26)27)21-14(4)23)9-28-29-10-16(18(24)25)20-13(3)22/h12,15-17H,5-11H2,1-4H3,(H,20,22)(H,21,23)(H,24,25)(H,26,27). The Morgan fingerprint density at radius 3 is 1.65 bits per heavy atom. The Hall–Kier alpha value is -0.720. The van der Waals surface area contributed by atoms with Gasteiger partial charge >= 0.3 is 11.9 Å². The van der Waals surface area contributed by atoms with Crippen LogP contribution in [0.1, 0.15) is 53.4 Å². The number of hydrogen-bond acceptors (Lipinski definition) is 8. The summed E-state index contributed by atoms with van der Waals surface area (Å²) in [6.45, 7) is 6.97. The second-order valence-electron chi connectivity index (χ2n) is 7.43. The molecule has 3 unspecified atom stereocenters. The van der Waals surface area contributed by atoms with Crippen molar-refractivity contribution in [1.29, 1.82) is 0 Å². The van der Waals surface area contributed by atoms with Crippen LogP contribution in [0.2, 0.25) is 0 Å². The number of unbranched alkanes of at least 4 members (excludes halogenated alkanes) is 1. The van der Waals surface area contributed by atoms with Gasteiger partial charge in [0, 0.05) is 36.4 Å². The van der Waals surface area contributed by atoms with E-state index in [1.807, 2.05) is 0 Å². The van der Waals surface area contributed by atoms with E-state index in [0.29, 0.717) is 5.92 Å². The molecule has 0 aliphatic heterocycles. The Bertz CT molecular complexity index is 580. The molecule has 0 aromatic carbocycles. The van der Waals surface area contributed by atoms with Crippen molar-refractivity contribution in [2.75, 3.05) is 17.3 Å². The third kappa shape index (κ3) is 17.5. The van der Waals surface area contributed by atoms with Crippen LogP contribution in [0.3, 0.4) is 0 Å². The molecule has 0 radical (unpaired) electrons. The van der Waals surface area contributed by atoms with Gasteiger partial charge < -0.3 is 20.8 Å². The molecule has 0 saturated carbocycles. The quantitative estimate of drug-likeness (QED) is 0.159. The minimum atomic E-state index is -1.06. The predicted molar refractivity (Wildman–Crippen MR) is 133 cm³/mol. The topological polar surface area (TPSA) is 133 Å². The van der Waals surface area contributed by atoms with Gasteiger partial charge in [0.1, 0.15) is 12.1 Å². The molecule has 2 amide bonds. The number of aliphatic carboxylic acids is 2. The first-order chi connectivity index (χ1) is 14.5. The summed E-state index contributed by atoms with van der Waals surface area (Å²) in [5, 5.41) is 23.5. The van der Waals surface area contributed by atoms with Crippen molar-refractivity contribution in [2.24, 2.45) is 5.92 Å². The molecule has 8 nitrogen and oxygen atoms in total. The van der Waals surface area contributed by atoms with Crippen LogP contribution in [-0.4, -0.2) is 68.6 Å². The summed E-state index contributed by atoms with van der Waals surface area (Å²) in [5.74, 6) is -0.905. The molecule has 0 aliphatic rings. The van der Waals surface area contributed by atoms with Crippen molar-refractivity contribution in [2.45, 2.75) is 70.7 Å². The largest absolute Gasteiger partial charge is 0.480 e. The maximum Gasteiger partial charge on any atom is 0.327 e. The van der Waals surface area contributed by atoms with Crippen LogP contribution in [0.5, 0.6) is 0 Å². The number of carboxylic acid groups (broad SMARTS) is 2. The Morgan fingerprint density at radius 1 is 0.742 bits per heavy atom. The number of nitrogens with one attached hydrogen (secondary N) is 2. The molecule has 0 fully saturated rings. The van der Waals surface area contributed by atoms with Gasteiger partial charge in [-0.3, -0.25) is 9.59 Å². The average molecular weight is 515 g/mol. The molecule has 31 heavy (non-hydrogen) atoms. The summed E-state index contributed by atoms with van der Waals surface area (Å²) in [6, 6.07) is -1.84. The fourth-order valence-corrected chi connectivity index (χ4v) is 8.31. The molecule has 4 N–H and O–H groups in total. The zero-order valence-electron chi connectivity index (χ0n) is 18.4. The van der Waals surface area contributed by atoms with Crippen LogP contribution < -0.4 is 10.6 Å². The van der Waals surface area contributed by atoms with Crippen LogP contribution >= 0.6 is 43.2 Å². The number of carbonyl (C=O) groups excluding carboxylic acids is 2. The van der Waals surface area contributed by atoms with Crippen molar-refractivity contribution >= 4 is 66.9 Å². The molecule has 0 rings (SSSR count). The average Bonchev–Trinajstić information content (AvgIpc) is 2.64. The van der Waals surface area contributed by atoms with E-state index in [1.54, 1.807) is 21.6 Å². The maximum atomic E-state index is 11.3. The minimum Gasteiger partial charge on any atom is -0.480 e. The van der Waals surface area contributed by atoms with Gasteiger partial charge in [-0.05, 0) is 12.3 Å². The van der Waals surface area contributed by atoms with Gasteiger partial charge in [0.2, 0.25) is 11.8 Å². The Morgan fingerprint density at radius 2 is 1.19 bits per heavy atom. The monoisotopic (exact) mass is 514 g/mol. The van der Waals surface area contributed by atoms with Crippen LogP contribution in [0, 0.1) is 5.92 Å². The van der Waals surface area contributed by atoms with E-state index >= 15 is 0 Å². The van der Waals surface area contributed by atoms with Crippen LogP contribution in [0.4, 0.5) is 0 Å². The molecule has 0 aromatic rings. The number of rotatable bonds is 18. The Kier molecular flexibility index (Phi) is 17.4. The fraction of sp³-hybridized carbons (Fsp3) is 0.789. The normalized spacial score (nSPS) is 14.0. The summed E-state index contributed by atoms with van der Waals surface area (Å²) >= 11 is 0. The third-order valence-corrected chi connectivity index (χ3v) is 9.53. The SMILES string of the molecule is CC(=O)NC(CSSCC(CCCCC(C)C)SSCC(NC(C)=O)C(=O)O)C(=O)O. The zero-order chi connectivity index (χ0) is 23.8. The van der Waals surface area contributed by atoms with E-state index in [-0.39, 0.29) is 28.6 Å². The highest BCUT2D eigenvalue weighted by Crippen LogP contribution is 2.36. The molecule has 12 heteroatoms. The molecular weight excluding hydrogens is 480 g/mol. The number of carboxylic acids is 2. The van der Waals surface area contributed by atoms with Crippen molar-refractivity contribution < 1.29 is 29.4 Å². The second kappa shape index (κ2) is 17.8. The molecule has 0 aromatic heterocycles. The Balaban J connectivity index is 4.56. The number of amides is 2. The zero-order valence-corrected chi connectivity index (χ0v) is 21.7. The van der Waals surface area contributed by atoms with Gasteiger partial charge in [-0.25, -0.2) is 9.59 Å². The molecule has 0 bridgehead atoms. The van der Waals surface area contributed by atoms with Crippen molar-refractivity contribution in [3.63, 3.8) is 0 Å². The van der Waals surface area contributed by atoms with E-state index in [0.717, 1.165) is 31.4 Å². The Labute approximate surface area is 200 Å². The summed E-state index contributed by atoms with van der Waals surface area (Å²) < 4.78 is 0. The highest BCUT2D eigenvalue weighted by atomic mass is 33.1. The van der Waals surface area contributed by atoms with Gasteiger partial charge in [-0.2, -0.15) is 0 Å². The van der Waals surface area contributed by atoms with E-state index in [1.165, 1.54) is 35.4 Å². The lowest BCUT2D eigenvalue weighted by atomic mass is 10.0. The smallest absolute Gasteiger partial charge is 0.327 e. The summed E-state index contributed by atoms with van der Waals surface area (Å²) in [4.78, 5) is 44.8. The van der Waals surface area contributed by atoms with Crippen molar-refractivity contribution in [3.8, 4) is 0 Å². The van der Waals surface area contributed by atoms with Gasteiger partial charge in [0.15, 0.2) is 0 Å². The van der Waals surface area contributed by atoms with Gasteiger partial charge in [-0.1, -0.05) is 76.3 Å². The maximum absolute atomic E-state index is 11.3. The third-order valence-electron chi connectivity index (χ3n) is 3.92. The first-order valence-electron chi connectivity index (χ1n) is 10.0. The first-order valence-corrected chi connectivity index (χ1v) is 14.9. The number of carbonyl (C=O) groups is 4. The highest BCUT2D eigenvalue weighted by molar-refractivity contribution is 8.78. The lowest BCUT2D eigenvalue weighted by Gasteiger charge is -2.18. The second-order valence-corrected chi connectivity index (χ2v) is 12.7. The molecule has 0 saturated heterocycles. The minimum absolute atomic E-state index is 0.265. The van der Waals surface area contributed by atoms with Crippen molar-refractivity contribution in [3.05, 3.63) is 0 Å². The van der Waals surface area contributed by atoms with Crippen LogP contribution in [0.25, 0.3) is 0 Å². The summed E-state index contributed by atoms with van der Waals surface area (Å²) in [6.07, 6.45) is 4.33. The van der Waals surface area contributed by atoms with Crippen molar-refractivity contribution in [1.82, 2.24) is 10.6 Å². The number of hydrogen-bond donors (Lipinski definition) is 4. The first kappa shape index (κ1) is 30.3. The van der Waals surface area contributed by atoms with Gasteiger partial charge in [0.05, 0.1) is 0 Å². The lowest BCUT2D eigenvalue weighted by molar-refractivity contribution is -0.141. The lowest BCUT2D eigenvalue weighted by Crippen LogP contribution is -2.41. The van der Waals surface area contributed by atoms with E-state index in [2.05, 4.69) is 24.5 Å². The van der Waals surface area contributed by atoms with Crippen LogP contribution in [0.15, 0.2) is 0 Å². The molecule has 180 valence electrons. The van der Waals surface area contributed by atoms with E-state index in [4.69, 9.17) is 0 Å². The van der Waals surface area contributed by atoms with E-state index < -0.39 is 24.0 Å². The molecule has 0 aliphatic carbocycles. The molecule has 3 atom stereocenters.